The third kappa shape index (κ3) is 4.50. The van der Waals surface area contributed by atoms with Gasteiger partial charge in [-0.15, -0.1) is 0 Å². The highest BCUT2D eigenvalue weighted by molar-refractivity contribution is 5.98. The number of amides is 2. The van der Waals surface area contributed by atoms with E-state index in [-0.39, 0.29) is 11.8 Å². The van der Waals surface area contributed by atoms with E-state index < -0.39 is 0 Å². The summed E-state index contributed by atoms with van der Waals surface area (Å²) in [7, 11) is 1.73. The van der Waals surface area contributed by atoms with Crippen molar-refractivity contribution in [1.29, 1.82) is 0 Å². The molecular weight excluding hydrogens is 368 g/mol. The molecule has 2 fully saturated rings. The number of benzene rings is 1. The number of rotatable bonds is 4. The van der Waals surface area contributed by atoms with Gasteiger partial charge in [0, 0.05) is 39.3 Å². The van der Waals surface area contributed by atoms with Gasteiger partial charge in [0.15, 0.2) is 5.69 Å². The molecule has 0 aliphatic carbocycles. The second-order valence-corrected chi connectivity index (χ2v) is 7.87. The van der Waals surface area contributed by atoms with Crippen LogP contribution in [0, 0.1) is 5.92 Å². The minimum Gasteiger partial charge on any atom is -0.378 e. The molecule has 1 aromatic heterocycles. The lowest BCUT2D eigenvalue weighted by molar-refractivity contribution is 0.0298. The Morgan fingerprint density at radius 3 is 2.34 bits per heavy atom. The molecule has 2 aliphatic rings. The van der Waals surface area contributed by atoms with E-state index in [0.29, 0.717) is 43.6 Å². The molecule has 0 radical (unpaired) electrons. The first-order valence-electron chi connectivity index (χ1n) is 10.4. The number of aromatic nitrogens is 2. The molecule has 0 spiro atoms. The average molecular weight is 396 g/mol. The van der Waals surface area contributed by atoms with Crippen LogP contribution in [0.4, 0.5) is 0 Å². The number of piperidine rings is 1. The van der Waals surface area contributed by atoms with E-state index in [2.05, 4.69) is 29.4 Å². The van der Waals surface area contributed by atoms with E-state index >= 15 is 0 Å². The Morgan fingerprint density at radius 1 is 1.00 bits per heavy atom. The predicted octanol–water partition coefficient (Wildman–Crippen LogP) is 1.99. The molecule has 0 atom stereocenters. The third-order valence-corrected chi connectivity index (χ3v) is 5.89. The Balaban J connectivity index is 1.36. The van der Waals surface area contributed by atoms with Crippen molar-refractivity contribution < 1.29 is 14.3 Å². The monoisotopic (exact) mass is 396 g/mol. The van der Waals surface area contributed by atoms with Crippen LogP contribution in [-0.4, -0.2) is 70.8 Å². The molecule has 0 N–H and O–H groups in total. The molecule has 2 saturated heterocycles. The van der Waals surface area contributed by atoms with Crippen molar-refractivity contribution in [3.63, 3.8) is 0 Å². The van der Waals surface area contributed by atoms with Gasteiger partial charge < -0.3 is 14.5 Å². The molecule has 1 aromatic carbocycles. The van der Waals surface area contributed by atoms with Gasteiger partial charge >= 0.3 is 0 Å². The lowest BCUT2D eigenvalue weighted by atomic mass is 9.90. The maximum Gasteiger partial charge on any atom is 0.274 e. The van der Waals surface area contributed by atoms with Gasteiger partial charge in [-0.25, -0.2) is 0 Å². The normalized spacial score (nSPS) is 18.1. The van der Waals surface area contributed by atoms with Gasteiger partial charge in [0.05, 0.1) is 13.2 Å². The minimum absolute atomic E-state index is 0.0424. The largest absolute Gasteiger partial charge is 0.378 e. The Morgan fingerprint density at radius 2 is 1.66 bits per heavy atom. The van der Waals surface area contributed by atoms with Crippen LogP contribution in [0.25, 0.3) is 0 Å². The summed E-state index contributed by atoms with van der Waals surface area (Å²) in [6.45, 7) is 3.70. The summed E-state index contributed by atoms with van der Waals surface area (Å²) in [5.74, 6) is 0.426. The summed E-state index contributed by atoms with van der Waals surface area (Å²) >= 11 is 0. The fourth-order valence-electron chi connectivity index (χ4n) is 4.15. The molecule has 2 aromatic rings. The van der Waals surface area contributed by atoms with Gasteiger partial charge in [0.25, 0.3) is 11.8 Å². The van der Waals surface area contributed by atoms with Crippen LogP contribution in [0.2, 0.25) is 0 Å². The van der Waals surface area contributed by atoms with Crippen LogP contribution in [0.5, 0.6) is 0 Å². The molecular formula is C22H28N4O3. The van der Waals surface area contributed by atoms with Gasteiger partial charge in [0.2, 0.25) is 0 Å². The van der Waals surface area contributed by atoms with Gasteiger partial charge in [-0.05, 0) is 30.7 Å². The Labute approximate surface area is 171 Å². The number of hydrogen-bond acceptors (Lipinski definition) is 4. The molecule has 0 unspecified atom stereocenters. The number of carbonyl (C=O) groups is 2. The minimum atomic E-state index is -0.135. The predicted molar refractivity (Wildman–Crippen MR) is 109 cm³/mol. The molecule has 29 heavy (non-hydrogen) atoms. The van der Waals surface area contributed by atoms with Crippen molar-refractivity contribution in [3.05, 3.63) is 53.3 Å². The van der Waals surface area contributed by atoms with Crippen LogP contribution in [0.1, 0.15) is 39.4 Å². The molecule has 154 valence electrons. The Bertz CT molecular complexity index is 850. The highest BCUT2D eigenvalue weighted by atomic mass is 16.5. The number of ether oxygens (including phenoxy) is 1. The smallest absolute Gasteiger partial charge is 0.274 e. The van der Waals surface area contributed by atoms with Crippen LogP contribution < -0.4 is 0 Å². The lowest BCUT2D eigenvalue weighted by Crippen LogP contribution is -2.40. The maximum absolute atomic E-state index is 13.0. The van der Waals surface area contributed by atoms with Crippen molar-refractivity contribution in [2.45, 2.75) is 19.3 Å². The Kier molecular flexibility index (Phi) is 5.94. The molecule has 7 nitrogen and oxygen atoms in total. The number of hydrogen-bond donors (Lipinski definition) is 0. The van der Waals surface area contributed by atoms with Crippen LogP contribution in [-0.2, 0) is 18.2 Å². The van der Waals surface area contributed by atoms with Crippen LogP contribution in [0.15, 0.2) is 36.4 Å². The highest BCUT2D eigenvalue weighted by Gasteiger charge is 2.28. The number of carbonyl (C=O) groups excluding carboxylic acids is 2. The van der Waals surface area contributed by atoms with E-state index in [1.165, 1.54) is 10.2 Å². The van der Waals surface area contributed by atoms with Crippen molar-refractivity contribution in [3.8, 4) is 0 Å². The summed E-state index contributed by atoms with van der Waals surface area (Å²) in [5, 5.41) is 4.31. The second-order valence-electron chi connectivity index (χ2n) is 7.87. The summed E-state index contributed by atoms with van der Waals surface area (Å²) in [6.07, 6.45) is 3.06. The molecule has 2 amide bonds. The molecule has 0 saturated carbocycles. The third-order valence-electron chi connectivity index (χ3n) is 5.89. The zero-order chi connectivity index (χ0) is 20.2. The van der Waals surface area contributed by atoms with Gasteiger partial charge in [-0.2, -0.15) is 5.10 Å². The zero-order valence-corrected chi connectivity index (χ0v) is 16.9. The van der Waals surface area contributed by atoms with Crippen molar-refractivity contribution in [1.82, 2.24) is 19.6 Å². The molecule has 4 rings (SSSR count). The molecule has 2 aliphatic heterocycles. The first-order chi connectivity index (χ1) is 14.1. The van der Waals surface area contributed by atoms with Crippen molar-refractivity contribution in [2.24, 2.45) is 13.0 Å². The first kappa shape index (κ1) is 19.6. The van der Waals surface area contributed by atoms with E-state index in [1.807, 2.05) is 11.0 Å². The molecule has 7 heteroatoms. The molecule has 3 heterocycles. The number of nitrogens with zero attached hydrogens (tertiary/aromatic N) is 4. The van der Waals surface area contributed by atoms with Crippen LogP contribution >= 0.6 is 0 Å². The van der Waals surface area contributed by atoms with Gasteiger partial charge in [0.1, 0.15) is 5.69 Å². The summed E-state index contributed by atoms with van der Waals surface area (Å²) in [5.41, 5.74) is 2.16. The first-order valence-corrected chi connectivity index (χ1v) is 10.4. The summed E-state index contributed by atoms with van der Waals surface area (Å²) in [6, 6.07) is 12.2. The average Bonchev–Trinajstić information content (AvgIpc) is 3.16. The quantitative estimate of drug-likeness (QED) is 0.793. The number of aryl methyl sites for hydroxylation is 1. The SMILES string of the molecule is Cn1nc(C(=O)N2CCOCC2)cc1C(=O)N1CCC(Cc2ccccc2)CC1. The van der Waals surface area contributed by atoms with E-state index in [9.17, 15) is 9.59 Å². The number of morpholine rings is 1. The van der Waals surface area contributed by atoms with Crippen LogP contribution in [0.3, 0.4) is 0 Å². The second kappa shape index (κ2) is 8.78. The maximum atomic E-state index is 13.0. The summed E-state index contributed by atoms with van der Waals surface area (Å²) < 4.78 is 6.83. The fourth-order valence-corrected chi connectivity index (χ4v) is 4.15. The van der Waals surface area contributed by atoms with Gasteiger partial charge in [-0.3, -0.25) is 14.3 Å². The van der Waals surface area contributed by atoms with E-state index in [0.717, 1.165) is 32.4 Å². The number of likely N-dealkylation sites (tertiary alicyclic amines) is 1. The van der Waals surface area contributed by atoms with Crippen molar-refractivity contribution >= 4 is 11.8 Å². The van der Waals surface area contributed by atoms with E-state index in [1.54, 1.807) is 18.0 Å². The summed E-state index contributed by atoms with van der Waals surface area (Å²) in [4.78, 5) is 29.3. The van der Waals surface area contributed by atoms with Crippen molar-refractivity contribution in [2.75, 3.05) is 39.4 Å². The van der Waals surface area contributed by atoms with E-state index in [4.69, 9.17) is 4.74 Å². The zero-order valence-electron chi connectivity index (χ0n) is 16.9. The lowest BCUT2D eigenvalue weighted by Gasteiger charge is -2.32. The molecule has 0 bridgehead atoms. The fraction of sp³-hybridized carbons (Fsp3) is 0.500. The Hall–Kier alpha value is -2.67. The van der Waals surface area contributed by atoms with Gasteiger partial charge in [-0.1, -0.05) is 30.3 Å². The standard InChI is InChI=1S/C22H28N4O3/c1-24-20(16-19(23-24)21(27)26-11-13-29-14-12-26)22(28)25-9-7-18(8-10-25)15-17-5-3-2-4-6-17/h2-6,16,18H,7-15H2,1H3. The highest BCUT2D eigenvalue weighted by Crippen LogP contribution is 2.23. The topological polar surface area (TPSA) is 67.7 Å².